The zero-order valence-corrected chi connectivity index (χ0v) is 12.6. The number of nitrogens with one attached hydrogen (secondary N) is 1. The average Bonchev–Trinajstić information content (AvgIpc) is 3.20. The van der Waals surface area contributed by atoms with E-state index in [0.717, 1.165) is 54.8 Å². The van der Waals surface area contributed by atoms with E-state index in [2.05, 4.69) is 26.3 Å². The van der Waals surface area contributed by atoms with Crippen LogP contribution in [0.5, 0.6) is 0 Å². The van der Waals surface area contributed by atoms with E-state index in [1.807, 2.05) is 5.38 Å². The van der Waals surface area contributed by atoms with Gasteiger partial charge in [0.1, 0.15) is 17.0 Å². The molecule has 2 aliphatic rings. The van der Waals surface area contributed by atoms with Crippen LogP contribution in [0.1, 0.15) is 25.7 Å². The summed E-state index contributed by atoms with van der Waals surface area (Å²) < 4.78 is 0. The van der Waals surface area contributed by atoms with Crippen LogP contribution in [-0.2, 0) is 4.79 Å². The van der Waals surface area contributed by atoms with Crippen molar-refractivity contribution >= 4 is 33.3 Å². The fourth-order valence-corrected chi connectivity index (χ4v) is 3.69. The van der Waals surface area contributed by atoms with Crippen molar-refractivity contribution in [2.24, 2.45) is 5.92 Å². The molecule has 1 aliphatic carbocycles. The summed E-state index contributed by atoms with van der Waals surface area (Å²) in [6, 6.07) is 2.51. The summed E-state index contributed by atoms with van der Waals surface area (Å²) in [6.45, 7) is 1.73. The van der Waals surface area contributed by atoms with Crippen molar-refractivity contribution in [2.75, 3.05) is 18.0 Å². The lowest BCUT2D eigenvalue weighted by Crippen LogP contribution is -2.44. The molecule has 110 valence electrons. The van der Waals surface area contributed by atoms with Gasteiger partial charge >= 0.3 is 0 Å². The number of hydrogen-bond donors (Lipinski definition) is 1. The number of carbonyl (C=O) groups is 1. The first kappa shape index (κ1) is 13.0. The molecular weight excluding hydrogens is 284 g/mol. The monoisotopic (exact) mass is 302 g/mol. The van der Waals surface area contributed by atoms with Crippen molar-refractivity contribution in [1.29, 1.82) is 0 Å². The van der Waals surface area contributed by atoms with Crippen LogP contribution in [0.15, 0.2) is 17.8 Å². The van der Waals surface area contributed by atoms with Gasteiger partial charge in [-0.1, -0.05) is 0 Å². The molecule has 0 bridgehead atoms. The van der Waals surface area contributed by atoms with Gasteiger partial charge in [0.05, 0.1) is 11.3 Å². The van der Waals surface area contributed by atoms with Gasteiger partial charge in [-0.3, -0.25) is 4.79 Å². The van der Waals surface area contributed by atoms with Crippen molar-refractivity contribution in [1.82, 2.24) is 15.3 Å². The summed E-state index contributed by atoms with van der Waals surface area (Å²) in [5, 5.41) is 6.28. The van der Waals surface area contributed by atoms with Crippen LogP contribution in [0.3, 0.4) is 0 Å². The smallest absolute Gasteiger partial charge is 0.225 e. The Kier molecular flexibility index (Phi) is 3.25. The number of amides is 1. The SMILES string of the molecule is O=C(NC1CC1)C1CCCN(c2ncnc3sccc23)C1. The van der Waals surface area contributed by atoms with Gasteiger partial charge in [0.2, 0.25) is 5.91 Å². The fourth-order valence-electron chi connectivity index (χ4n) is 2.96. The number of rotatable bonds is 3. The van der Waals surface area contributed by atoms with E-state index in [1.54, 1.807) is 17.7 Å². The Morgan fingerprint density at radius 3 is 3.10 bits per heavy atom. The predicted molar refractivity (Wildman–Crippen MR) is 83.5 cm³/mol. The molecule has 0 radical (unpaired) electrons. The van der Waals surface area contributed by atoms with Crippen LogP contribution in [0.25, 0.3) is 10.2 Å². The Balaban J connectivity index is 1.54. The highest BCUT2D eigenvalue weighted by Crippen LogP contribution is 2.30. The lowest BCUT2D eigenvalue weighted by molar-refractivity contribution is -0.125. The molecule has 6 heteroatoms. The normalized spacial score (nSPS) is 22.5. The second-order valence-corrected chi connectivity index (χ2v) is 6.80. The third kappa shape index (κ3) is 2.60. The zero-order chi connectivity index (χ0) is 14.2. The first-order valence-electron chi connectivity index (χ1n) is 7.55. The van der Waals surface area contributed by atoms with E-state index < -0.39 is 0 Å². The lowest BCUT2D eigenvalue weighted by Gasteiger charge is -2.33. The molecule has 0 aromatic carbocycles. The van der Waals surface area contributed by atoms with Gasteiger partial charge in [-0.25, -0.2) is 9.97 Å². The standard InChI is InChI=1S/C15H18N4OS/c20-14(18-11-3-4-11)10-2-1-6-19(8-10)13-12-5-7-21-15(12)17-9-16-13/h5,7,9-11H,1-4,6,8H2,(H,18,20). The molecule has 2 aromatic rings. The molecule has 0 spiro atoms. The maximum Gasteiger partial charge on any atom is 0.225 e. The summed E-state index contributed by atoms with van der Waals surface area (Å²) >= 11 is 1.63. The number of anilines is 1. The predicted octanol–water partition coefficient (Wildman–Crippen LogP) is 2.19. The molecule has 5 nitrogen and oxygen atoms in total. The summed E-state index contributed by atoms with van der Waals surface area (Å²) in [5.41, 5.74) is 0. The highest BCUT2D eigenvalue weighted by Gasteiger charge is 2.31. The van der Waals surface area contributed by atoms with Gasteiger partial charge in [-0.05, 0) is 37.1 Å². The molecular formula is C15H18N4OS. The minimum absolute atomic E-state index is 0.0861. The van der Waals surface area contributed by atoms with Crippen molar-refractivity contribution in [3.8, 4) is 0 Å². The molecule has 1 saturated carbocycles. The third-order valence-electron chi connectivity index (χ3n) is 4.26. The molecule has 1 saturated heterocycles. The minimum atomic E-state index is 0.0861. The Morgan fingerprint density at radius 2 is 2.24 bits per heavy atom. The number of aromatic nitrogens is 2. The topological polar surface area (TPSA) is 58.1 Å². The number of fused-ring (bicyclic) bond motifs is 1. The fraction of sp³-hybridized carbons (Fsp3) is 0.533. The van der Waals surface area contributed by atoms with Crippen molar-refractivity contribution < 1.29 is 4.79 Å². The number of thiophene rings is 1. The maximum absolute atomic E-state index is 12.3. The first-order valence-corrected chi connectivity index (χ1v) is 8.43. The first-order chi connectivity index (χ1) is 10.3. The Labute approximate surface area is 127 Å². The number of nitrogens with zero attached hydrogens (tertiary/aromatic N) is 3. The molecule has 4 rings (SSSR count). The molecule has 2 aromatic heterocycles. The summed E-state index contributed by atoms with van der Waals surface area (Å²) in [7, 11) is 0. The molecule has 1 N–H and O–H groups in total. The summed E-state index contributed by atoms with van der Waals surface area (Å²) in [5.74, 6) is 1.28. The average molecular weight is 302 g/mol. The second-order valence-electron chi connectivity index (χ2n) is 5.90. The van der Waals surface area contributed by atoms with Gasteiger partial charge in [-0.15, -0.1) is 11.3 Å². The molecule has 1 aliphatic heterocycles. The van der Waals surface area contributed by atoms with E-state index in [-0.39, 0.29) is 11.8 Å². The van der Waals surface area contributed by atoms with Gasteiger partial charge in [0, 0.05) is 19.1 Å². The minimum Gasteiger partial charge on any atom is -0.355 e. The maximum atomic E-state index is 12.3. The zero-order valence-electron chi connectivity index (χ0n) is 11.8. The quantitative estimate of drug-likeness (QED) is 0.944. The van der Waals surface area contributed by atoms with Crippen LogP contribution in [0, 0.1) is 5.92 Å². The molecule has 2 fully saturated rings. The Morgan fingerprint density at radius 1 is 1.33 bits per heavy atom. The van der Waals surface area contributed by atoms with Crippen molar-refractivity contribution in [3.63, 3.8) is 0 Å². The number of piperidine rings is 1. The van der Waals surface area contributed by atoms with Crippen LogP contribution in [0.4, 0.5) is 5.82 Å². The molecule has 1 atom stereocenters. The number of hydrogen-bond acceptors (Lipinski definition) is 5. The van der Waals surface area contributed by atoms with Crippen LogP contribution in [0.2, 0.25) is 0 Å². The van der Waals surface area contributed by atoms with Gasteiger partial charge in [0.25, 0.3) is 0 Å². The Hall–Kier alpha value is -1.69. The van der Waals surface area contributed by atoms with Crippen LogP contribution < -0.4 is 10.2 Å². The highest BCUT2D eigenvalue weighted by molar-refractivity contribution is 7.16. The van der Waals surface area contributed by atoms with E-state index in [0.29, 0.717) is 6.04 Å². The summed E-state index contributed by atoms with van der Waals surface area (Å²) in [6.07, 6.45) is 5.93. The third-order valence-corrected chi connectivity index (χ3v) is 5.08. The summed E-state index contributed by atoms with van der Waals surface area (Å²) in [4.78, 5) is 24.3. The van der Waals surface area contributed by atoms with Gasteiger partial charge in [0.15, 0.2) is 0 Å². The number of carbonyl (C=O) groups excluding carboxylic acids is 1. The largest absolute Gasteiger partial charge is 0.355 e. The Bertz CT molecular complexity index is 666. The molecule has 1 unspecified atom stereocenters. The van der Waals surface area contributed by atoms with Crippen LogP contribution in [-0.4, -0.2) is 35.0 Å². The van der Waals surface area contributed by atoms with Crippen LogP contribution >= 0.6 is 11.3 Å². The molecule has 1 amide bonds. The molecule has 21 heavy (non-hydrogen) atoms. The van der Waals surface area contributed by atoms with Crippen molar-refractivity contribution in [2.45, 2.75) is 31.7 Å². The van der Waals surface area contributed by atoms with E-state index in [1.165, 1.54) is 0 Å². The van der Waals surface area contributed by atoms with E-state index >= 15 is 0 Å². The second kappa shape index (κ2) is 5.26. The van der Waals surface area contributed by atoms with Crippen molar-refractivity contribution in [3.05, 3.63) is 17.8 Å². The van der Waals surface area contributed by atoms with E-state index in [4.69, 9.17) is 0 Å². The molecule has 3 heterocycles. The van der Waals surface area contributed by atoms with Gasteiger partial charge in [-0.2, -0.15) is 0 Å². The van der Waals surface area contributed by atoms with E-state index in [9.17, 15) is 4.79 Å². The lowest BCUT2D eigenvalue weighted by atomic mass is 9.97. The van der Waals surface area contributed by atoms with Gasteiger partial charge < -0.3 is 10.2 Å². The highest BCUT2D eigenvalue weighted by atomic mass is 32.1.